The van der Waals surface area contributed by atoms with E-state index in [4.69, 9.17) is 9.47 Å². The van der Waals surface area contributed by atoms with Gasteiger partial charge in [0.05, 0.1) is 6.10 Å². The number of carbonyl (C=O) groups is 1. The number of nitrogens with one attached hydrogen (secondary N) is 1. The highest BCUT2D eigenvalue weighted by Crippen LogP contribution is 1.92. The number of hydrogen-bond acceptors (Lipinski definition) is 3. The molecule has 4 heteroatoms. The smallest absolute Gasteiger partial charge is 0.220 e. The molecule has 0 unspecified atom stereocenters. The Morgan fingerprint density at radius 3 is 2.62 bits per heavy atom. The predicted octanol–water partition coefficient (Wildman–Crippen LogP) is 1.73. The lowest BCUT2D eigenvalue weighted by molar-refractivity contribution is -0.121. The molecule has 0 saturated heterocycles. The molecule has 0 atom stereocenters. The van der Waals surface area contributed by atoms with Gasteiger partial charge in [-0.1, -0.05) is 0 Å². The van der Waals surface area contributed by atoms with E-state index in [0.29, 0.717) is 32.8 Å². The summed E-state index contributed by atoms with van der Waals surface area (Å²) in [6.07, 6.45) is 2.48. The van der Waals surface area contributed by atoms with Crippen LogP contribution >= 0.6 is 0 Å². The summed E-state index contributed by atoms with van der Waals surface area (Å²) in [4.78, 5) is 11.3. The van der Waals surface area contributed by atoms with Gasteiger partial charge in [0, 0.05) is 32.8 Å². The Morgan fingerprint density at radius 2 is 2.00 bits per heavy atom. The minimum atomic E-state index is 0.101. The molecule has 0 aromatic rings. The van der Waals surface area contributed by atoms with Gasteiger partial charge in [-0.05, 0) is 33.6 Å². The van der Waals surface area contributed by atoms with Crippen LogP contribution < -0.4 is 5.32 Å². The lowest BCUT2D eigenvalue weighted by Gasteiger charge is -2.08. The molecule has 0 aliphatic rings. The first kappa shape index (κ1) is 15.4. The van der Waals surface area contributed by atoms with Crippen LogP contribution in [0, 0.1) is 0 Å². The van der Waals surface area contributed by atoms with Gasteiger partial charge in [-0.3, -0.25) is 4.79 Å². The molecule has 0 aliphatic heterocycles. The highest BCUT2D eigenvalue weighted by atomic mass is 16.5. The average molecular weight is 231 g/mol. The van der Waals surface area contributed by atoms with Gasteiger partial charge in [0.25, 0.3) is 0 Å². The maximum absolute atomic E-state index is 11.3. The van der Waals surface area contributed by atoms with Gasteiger partial charge in [0.15, 0.2) is 0 Å². The van der Waals surface area contributed by atoms with Crippen molar-refractivity contribution in [1.82, 2.24) is 5.32 Å². The highest BCUT2D eigenvalue weighted by molar-refractivity contribution is 5.75. The van der Waals surface area contributed by atoms with E-state index in [1.807, 2.05) is 20.8 Å². The van der Waals surface area contributed by atoms with Gasteiger partial charge >= 0.3 is 0 Å². The van der Waals surface area contributed by atoms with Crippen molar-refractivity contribution in [2.45, 2.75) is 46.1 Å². The summed E-state index contributed by atoms with van der Waals surface area (Å²) < 4.78 is 10.5. The SMILES string of the molecule is CCOCCCC(=O)NCCCOC(C)C. The maximum Gasteiger partial charge on any atom is 0.220 e. The molecule has 0 aromatic carbocycles. The number of amides is 1. The maximum atomic E-state index is 11.3. The summed E-state index contributed by atoms with van der Waals surface area (Å²) in [7, 11) is 0. The Balaban J connectivity index is 3.17. The topological polar surface area (TPSA) is 47.6 Å². The van der Waals surface area contributed by atoms with Crippen LogP contribution in [0.1, 0.15) is 40.0 Å². The zero-order valence-corrected chi connectivity index (χ0v) is 10.8. The van der Waals surface area contributed by atoms with E-state index in [2.05, 4.69) is 5.32 Å². The molecule has 0 bridgehead atoms. The van der Waals surface area contributed by atoms with E-state index in [9.17, 15) is 4.79 Å². The van der Waals surface area contributed by atoms with E-state index in [1.54, 1.807) is 0 Å². The van der Waals surface area contributed by atoms with Crippen LogP contribution in [-0.2, 0) is 14.3 Å². The van der Waals surface area contributed by atoms with Crippen molar-refractivity contribution < 1.29 is 14.3 Å². The van der Waals surface area contributed by atoms with E-state index in [0.717, 1.165) is 12.8 Å². The zero-order chi connectivity index (χ0) is 12.2. The fourth-order valence-corrected chi connectivity index (χ4v) is 1.19. The first-order chi connectivity index (χ1) is 7.66. The summed E-state index contributed by atoms with van der Waals surface area (Å²) in [5, 5.41) is 2.86. The molecule has 0 radical (unpaired) electrons. The summed E-state index contributed by atoms with van der Waals surface area (Å²) in [6, 6.07) is 0. The van der Waals surface area contributed by atoms with Crippen LogP contribution in [-0.4, -0.2) is 38.4 Å². The Bertz CT molecular complexity index is 172. The van der Waals surface area contributed by atoms with Crippen LogP contribution in [0.15, 0.2) is 0 Å². The standard InChI is InChI=1S/C12H25NO3/c1-4-15-9-5-7-12(14)13-8-6-10-16-11(2)3/h11H,4-10H2,1-3H3,(H,13,14). The van der Waals surface area contributed by atoms with Crippen LogP contribution in [0.5, 0.6) is 0 Å². The molecule has 0 saturated carbocycles. The minimum absolute atomic E-state index is 0.101. The molecule has 0 spiro atoms. The Labute approximate surface area is 98.7 Å². The average Bonchev–Trinajstić information content (AvgIpc) is 2.23. The van der Waals surface area contributed by atoms with Crippen molar-refractivity contribution in [2.75, 3.05) is 26.4 Å². The Hall–Kier alpha value is -0.610. The van der Waals surface area contributed by atoms with Crippen LogP contribution in [0.25, 0.3) is 0 Å². The summed E-state index contributed by atoms with van der Waals surface area (Å²) in [5.74, 6) is 0.101. The molecule has 0 rings (SSSR count). The number of ether oxygens (including phenoxy) is 2. The molecule has 1 N–H and O–H groups in total. The molecule has 0 aliphatic carbocycles. The summed E-state index contributed by atoms with van der Waals surface area (Å²) >= 11 is 0. The van der Waals surface area contributed by atoms with Gasteiger partial charge in [-0.2, -0.15) is 0 Å². The fourth-order valence-electron chi connectivity index (χ4n) is 1.19. The van der Waals surface area contributed by atoms with Gasteiger partial charge in [0.1, 0.15) is 0 Å². The highest BCUT2D eigenvalue weighted by Gasteiger charge is 2.00. The van der Waals surface area contributed by atoms with Crippen LogP contribution in [0.4, 0.5) is 0 Å². The lowest BCUT2D eigenvalue weighted by atomic mass is 10.3. The number of rotatable bonds is 10. The third-order valence-electron chi connectivity index (χ3n) is 1.99. The minimum Gasteiger partial charge on any atom is -0.382 e. The summed E-state index contributed by atoms with van der Waals surface area (Å²) in [6.45, 7) is 8.75. The predicted molar refractivity (Wildman–Crippen MR) is 64.4 cm³/mol. The van der Waals surface area contributed by atoms with E-state index >= 15 is 0 Å². The number of hydrogen-bond donors (Lipinski definition) is 1. The van der Waals surface area contributed by atoms with Crippen molar-refractivity contribution in [3.05, 3.63) is 0 Å². The van der Waals surface area contributed by atoms with Crippen molar-refractivity contribution in [2.24, 2.45) is 0 Å². The monoisotopic (exact) mass is 231 g/mol. The molecular formula is C12H25NO3. The third-order valence-corrected chi connectivity index (χ3v) is 1.99. The van der Waals surface area contributed by atoms with Crippen molar-refractivity contribution in [1.29, 1.82) is 0 Å². The zero-order valence-electron chi connectivity index (χ0n) is 10.8. The second-order valence-corrected chi connectivity index (χ2v) is 3.92. The second kappa shape index (κ2) is 10.9. The molecule has 96 valence electrons. The van der Waals surface area contributed by atoms with Gasteiger partial charge in [-0.15, -0.1) is 0 Å². The van der Waals surface area contributed by atoms with Gasteiger partial charge < -0.3 is 14.8 Å². The molecule has 4 nitrogen and oxygen atoms in total. The Kier molecular flexibility index (Phi) is 10.5. The molecule has 1 amide bonds. The third kappa shape index (κ3) is 11.5. The van der Waals surface area contributed by atoms with E-state index < -0.39 is 0 Å². The van der Waals surface area contributed by atoms with Crippen molar-refractivity contribution >= 4 is 5.91 Å². The fraction of sp³-hybridized carbons (Fsp3) is 0.917. The van der Waals surface area contributed by atoms with Gasteiger partial charge in [0.2, 0.25) is 5.91 Å². The lowest BCUT2D eigenvalue weighted by Crippen LogP contribution is -2.25. The second-order valence-electron chi connectivity index (χ2n) is 3.92. The molecular weight excluding hydrogens is 206 g/mol. The molecule has 16 heavy (non-hydrogen) atoms. The van der Waals surface area contributed by atoms with Crippen LogP contribution in [0.2, 0.25) is 0 Å². The quantitative estimate of drug-likeness (QED) is 0.582. The van der Waals surface area contributed by atoms with Crippen molar-refractivity contribution in [3.63, 3.8) is 0 Å². The first-order valence-corrected chi connectivity index (χ1v) is 6.12. The number of carbonyl (C=O) groups excluding carboxylic acids is 1. The Morgan fingerprint density at radius 1 is 1.25 bits per heavy atom. The van der Waals surface area contributed by atoms with E-state index in [1.165, 1.54) is 0 Å². The van der Waals surface area contributed by atoms with Gasteiger partial charge in [-0.25, -0.2) is 0 Å². The molecule has 0 aromatic heterocycles. The summed E-state index contributed by atoms with van der Waals surface area (Å²) in [5.41, 5.74) is 0. The molecule has 0 heterocycles. The van der Waals surface area contributed by atoms with E-state index in [-0.39, 0.29) is 12.0 Å². The largest absolute Gasteiger partial charge is 0.382 e. The first-order valence-electron chi connectivity index (χ1n) is 6.12. The van der Waals surface area contributed by atoms with Crippen molar-refractivity contribution in [3.8, 4) is 0 Å². The normalized spacial score (nSPS) is 10.8. The molecule has 0 fully saturated rings. The van der Waals surface area contributed by atoms with Crippen LogP contribution in [0.3, 0.4) is 0 Å².